The van der Waals surface area contributed by atoms with E-state index < -0.39 is 0 Å². The van der Waals surface area contributed by atoms with Crippen molar-refractivity contribution in [2.24, 2.45) is 11.8 Å². The first-order valence-corrected chi connectivity index (χ1v) is 7.19. The molecular formula is C14H23NO2S. The Morgan fingerprint density at radius 1 is 1.50 bits per heavy atom. The third-order valence-electron chi connectivity index (χ3n) is 3.23. The minimum Gasteiger partial charge on any atom is -0.396 e. The first kappa shape index (κ1) is 15.2. The molecule has 2 N–H and O–H groups in total. The van der Waals surface area contributed by atoms with Crippen molar-refractivity contribution in [1.29, 1.82) is 0 Å². The van der Waals surface area contributed by atoms with Gasteiger partial charge in [-0.3, -0.25) is 4.79 Å². The number of thiophene rings is 1. The molecule has 0 aliphatic carbocycles. The highest BCUT2D eigenvalue weighted by molar-refractivity contribution is 7.10. The van der Waals surface area contributed by atoms with E-state index in [0.29, 0.717) is 6.54 Å². The van der Waals surface area contributed by atoms with E-state index >= 15 is 0 Å². The Kier molecular flexibility index (Phi) is 5.35. The molecule has 4 heteroatoms. The van der Waals surface area contributed by atoms with Gasteiger partial charge >= 0.3 is 0 Å². The summed E-state index contributed by atoms with van der Waals surface area (Å²) in [5.74, 6) is -0.221. The lowest BCUT2D eigenvalue weighted by Crippen LogP contribution is -2.41. The Balaban J connectivity index is 2.57. The lowest BCUT2D eigenvalue weighted by molar-refractivity contribution is -0.127. The monoisotopic (exact) mass is 269 g/mol. The number of hydrogen-bond donors (Lipinski definition) is 2. The van der Waals surface area contributed by atoms with Crippen molar-refractivity contribution in [3.8, 4) is 0 Å². The number of carbonyl (C=O) groups is 1. The first-order chi connectivity index (χ1) is 8.38. The fraction of sp³-hybridized carbons (Fsp3) is 0.643. The molecule has 0 saturated carbocycles. The highest BCUT2D eigenvalue weighted by Crippen LogP contribution is 2.26. The van der Waals surface area contributed by atoms with Crippen molar-refractivity contribution in [2.45, 2.75) is 33.1 Å². The Morgan fingerprint density at radius 3 is 2.61 bits per heavy atom. The third-order valence-corrected chi connectivity index (χ3v) is 4.47. The van der Waals surface area contributed by atoms with Gasteiger partial charge in [0.15, 0.2) is 0 Å². The normalized spacial score (nSPS) is 13.7. The Bertz CT molecular complexity index is 371. The van der Waals surface area contributed by atoms with Crippen LogP contribution in [0.4, 0.5) is 0 Å². The van der Waals surface area contributed by atoms with Crippen LogP contribution in [0.5, 0.6) is 0 Å². The molecule has 0 saturated heterocycles. The summed E-state index contributed by atoms with van der Waals surface area (Å²) >= 11 is 1.70. The summed E-state index contributed by atoms with van der Waals surface area (Å²) < 4.78 is 0. The van der Waals surface area contributed by atoms with Crippen LogP contribution in [-0.2, 0) is 10.2 Å². The second-order valence-electron chi connectivity index (χ2n) is 5.61. The summed E-state index contributed by atoms with van der Waals surface area (Å²) in [6, 6.07) is 4.11. The number of hydrogen-bond acceptors (Lipinski definition) is 3. The van der Waals surface area contributed by atoms with Gasteiger partial charge in [-0.25, -0.2) is 0 Å². The summed E-state index contributed by atoms with van der Waals surface area (Å²) in [5, 5.41) is 14.2. The maximum atomic E-state index is 12.0. The predicted octanol–water partition coefficient (Wildman–Crippen LogP) is 2.41. The molecule has 1 heterocycles. The largest absolute Gasteiger partial charge is 0.396 e. The zero-order valence-corrected chi connectivity index (χ0v) is 12.4. The van der Waals surface area contributed by atoms with Crippen molar-refractivity contribution < 1.29 is 9.90 Å². The number of amides is 1. The number of rotatable bonds is 6. The lowest BCUT2D eigenvalue weighted by Gasteiger charge is -2.26. The second-order valence-corrected chi connectivity index (χ2v) is 6.56. The van der Waals surface area contributed by atoms with E-state index in [0.717, 1.165) is 0 Å². The standard InChI is InChI=1S/C14H23NO2S/c1-10(2)11(8-16)13(17)15-9-14(3,4)12-6-5-7-18-12/h5-7,10-11,16H,8-9H2,1-4H3,(H,15,17). The summed E-state index contributed by atoms with van der Waals surface area (Å²) in [5.41, 5.74) is -0.0686. The smallest absolute Gasteiger partial charge is 0.225 e. The quantitative estimate of drug-likeness (QED) is 0.833. The van der Waals surface area contributed by atoms with Gasteiger partial charge in [-0.2, -0.15) is 0 Å². The minimum absolute atomic E-state index is 0.0582. The average molecular weight is 269 g/mol. The van der Waals surface area contributed by atoms with Gasteiger partial charge in [0.25, 0.3) is 0 Å². The molecule has 0 bridgehead atoms. The molecular weight excluding hydrogens is 246 g/mol. The zero-order chi connectivity index (χ0) is 13.8. The Labute approximate surface area is 113 Å². The number of carbonyl (C=O) groups excluding carboxylic acids is 1. The second kappa shape index (κ2) is 6.34. The molecule has 18 heavy (non-hydrogen) atoms. The van der Waals surface area contributed by atoms with Crippen LogP contribution in [0.3, 0.4) is 0 Å². The Hall–Kier alpha value is -0.870. The van der Waals surface area contributed by atoms with Gasteiger partial charge in [0.05, 0.1) is 12.5 Å². The lowest BCUT2D eigenvalue weighted by atomic mass is 9.90. The molecule has 0 spiro atoms. The summed E-state index contributed by atoms with van der Waals surface area (Å²) in [4.78, 5) is 13.2. The fourth-order valence-electron chi connectivity index (χ4n) is 1.79. The van der Waals surface area contributed by atoms with Crippen LogP contribution in [0.2, 0.25) is 0 Å². The molecule has 1 aromatic rings. The van der Waals surface area contributed by atoms with Crippen molar-refractivity contribution >= 4 is 17.2 Å². The summed E-state index contributed by atoms with van der Waals surface area (Å²) in [6.07, 6.45) is 0. The molecule has 1 atom stereocenters. The topological polar surface area (TPSA) is 49.3 Å². The van der Waals surface area contributed by atoms with E-state index in [1.54, 1.807) is 11.3 Å². The van der Waals surface area contributed by atoms with Gasteiger partial charge in [-0.1, -0.05) is 33.8 Å². The van der Waals surface area contributed by atoms with Crippen molar-refractivity contribution in [2.75, 3.05) is 13.2 Å². The molecule has 102 valence electrons. The Morgan fingerprint density at radius 2 is 2.17 bits per heavy atom. The van der Waals surface area contributed by atoms with Gasteiger partial charge in [0.2, 0.25) is 5.91 Å². The maximum Gasteiger partial charge on any atom is 0.225 e. The molecule has 0 aromatic carbocycles. The van der Waals surface area contributed by atoms with Gasteiger partial charge in [-0.05, 0) is 17.4 Å². The third kappa shape index (κ3) is 3.82. The summed E-state index contributed by atoms with van der Waals surface area (Å²) in [7, 11) is 0. The van der Waals surface area contributed by atoms with Crippen LogP contribution < -0.4 is 5.32 Å². The predicted molar refractivity (Wildman–Crippen MR) is 75.8 cm³/mol. The minimum atomic E-state index is -0.316. The molecule has 1 aromatic heterocycles. The molecule has 0 aliphatic rings. The van der Waals surface area contributed by atoms with Gasteiger partial charge in [0.1, 0.15) is 0 Å². The van der Waals surface area contributed by atoms with Crippen LogP contribution in [0.25, 0.3) is 0 Å². The number of nitrogens with one attached hydrogen (secondary N) is 1. The summed E-state index contributed by atoms with van der Waals surface area (Å²) in [6.45, 7) is 8.62. The molecule has 0 radical (unpaired) electrons. The molecule has 1 rings (SSSR count). The highest BCUT2D eigenvalue weighted by atomic mass is 32.1. The van der Waals surface area contributed by atoms with Crippen LogP contribution in [0.15, 0.2) is 17.5 Å². The average Bonchev–Trinajstić information content (AvgIpc) is 2.81. The fourth-order valence-corrected chi connectivity index (χ4v) is 2.64. The van der Waals surface area contributed by atoms with Crippen LogP contribution in [0, 0.1) is 11.8 Å². The van der Waals surface area contributed by atoms with Crippen LogP contribution in [-0.4, -0.2) is 24.2 Å². The molecule has 1 amide bonds. The van der Waals surface area contributed by atoms with E-state index in [9.17, 15) is 9.90 Å². The first-order valence-electron chi connectivity index (χ1n) is 6.31. The van der Waals surface area contributed by atoms with E-state index in [1.165, 1.54) is 4.88 Å². The van der Waals surface area contributed by atoms with Crippen molar-refractivity contribution in [3.63, 3.8) is 0 Å². The zero-order valence-electron chi connectivity index (χ0n) is 11.6. The molecule has 0 fully saturated rings. The van der Waals surface area contributed by atoms with Crippen molar-refractivity contribution in [1.82, 2.24) is 5.32 Å². The van der Waals surface area contributed by atoms with E-state index in [4.69, 9.17) is 0 Å². The molecule has 3 nitrogen and oxygen atoms in total. The van der Waals surface area contributed by atoms with Gasteiger partial charge in [-0.15, -0.1) is 11.3 Å². The van der Waals surface area contributed by atoms with Gasteiger partial charge in [0, 0.05) is 16.8 Å². The van der Waals surface area contributed by atoms with E-state index in [2.05, 4.69) is 25.2 Å². The SMILES string of the molecule is CC(C)C(CO)C(=O)NCC(C)(C)c1cccs1. The molecule has 0 aliphatic heterocycles. The van der Waals surface area contributed by atoms with Crippen molar-refractivity contribution in [3.05, 3.63) is 22.4 Å². The number of aliphatic hydroxyl groups is 1. The number of aliphatic hydroxyl groups excluding tert-OH is 1. The maximum absolute atomic E-state index is 12.0. The highest BCUT2D eigenvalue weighted by Gasteiger charge is 2.26. The van der Waals surface area contributed by atoms with Crippen LogP contribution in [0.1, 0.15) is 32.6 Å². The van der Waals surface area contributed by atoms with Crippen LogP contribution >= 0.6 is 11.3 Å². The van der Waals surface area contributed by atoms with Gasteiger partial charge < -0.3 is 10.4 Å². The molecule has 1 unspecified atom stereocenters. The van der Waals surface area contributed by atoms with E-state index in [1.807, 2.05) is 25.3 Å². The van der Waals surface area contributed by atoms with E-state index in [-0.39, 0.29) is 29.8 Å².